The maximum Gasteiger partial charge on any atom is 0.227 e. The molecule has 0 aliphatic carbocycles. The van der Waals surface area contributed by atoms with E-state index in [0.717, 1.165) is 37.2 Å². The van der Waals surface area contributed by atoms with Gasteiger partial charge in [0.2, 0.25) is 5.91 Å². The number of nitrogens with one attached hydrogen (secondary N) is 2. The number of nitrogens with zero attached hydrogens (tertiary/aromatic N) is 2. The van der Waals surface area contributed by atoms with Gasteiger partial charge < -0.3 is 10.6 Å². The normalized spacial score (nSPS) is 15.8. The molecule has 0 atom stereocenters. The van der Waals surface area contributed by atoms with Crippen LogP contribution in [0.3, 0.4) is 0 Å². The third kappa shape index (κ3) is 3.70. The van der Waals surface area contributed by atoms with E-state index in [2.05, 4.69) is 15.7 Å². The average molecular weight is 284 g/mol. The van der Waals surface area contributed by atoms with Gasteiger partial charge in [-0.1, -0.05) is 12.1 Å². The van der Waals surface area contributed by atoms with Crippen LogP contribution < -0.4 is 10.6 Å². The van der Waals surface area contributed by atoms with Crippen molar-refractivity contribution >= 4 is 11.6 Å². The molecule has 3 rings (SSSR count). The minimum Gasteiger partial charge on any atom is -0.326 e. The highest BCUT2D eigenvalue weighted by molar-refractivity contribution is 5.92. The monoisotopic (exact) mass is 284 g/mol. The molecule has 5 heteroatoms. The van der Waals surface area contributed by atoms with Crippen LogP contribution in [0.2, 0.25) is 0 Å². The fourth-order valence-electron chi connectivity index (χ4n) is 2.66. The molecule has 0 bridgehead atoms. The summed E-state index contributed by atoms with van der Waals surface area (Å²) < 4.78 is 1.87. The second-order valence-corrected chi connectivity index (χ2v) is 5.42. The fraction of sp³-hybridized carbons (Fsp3) is 0.375. The molecule has 2 heterocycles. The molecule has 1 aromatic carbocycles. The summed E-state index contributed by atoms with van der Waals surface area (Å²) in [4.78, 5) is 12.2. The smallest absolute Gasteiger partial charge is 0.227 e. The minimum atomic E-state index is 0.126. The van der Waals surface area contributed by atoms with Crippen molar-refractivity contribution in [3.05, 3.63) is 48.3 Å². The summed E-state index contributed by atoms with van der Waals surface area (Å²) in [5, 5.41) is 10.5. The van der Waals surface area contributed by atoms with Gasteiger partial charge in [-0.2, -0.15) is 5.10 Å². The molecule has 0 radical (unpaired) electrons. The first-order chi connectivity index (χ1) is 10.3. The summed E-state index contributed by atoms with van der Waals surface area (Å²) in [6.07, 6.45) is 5.53. The van der Waals surface area contributed by atoms with Crippen molar-refractivity contribution < 1.29 is 4.79 Å². The number of aromatic nitrogens is 2. The van der Waals surface area contributed by atoms with Crippen LogP contribution in [0.1, 0.15) is 18.4 Å². The molecular formula is C16H20N4O. The van der Waals surface area contributed by atoms with Crippen LogP contribution in [0.15, 0.2) is 42.7 Å². The first kappa shape index (κ1) is 13.8. The van der Waals surface area contributed by atoms with E-state index in [-0.39, 0.29) is 11.8 Å². The highest BCUT2D eigenvalue weighted by atomic mass is 16.1. The fourth-order valence-corrected chi connectivity index (χ4v) is 2.66. The lowest BCUT2D eigenvalue weighted by Crippen LogP contribution is -2.34. The predicted molar refractivity (Wildman–Crippen MR) is 82.0 cm³/mol. The summed E-state index contributed by atoms with van der Waals surface area (Å²) in [5.74, 6) is 0.258. The quantitative estimate of drug-likeness (QED) is 0.901. The molecule has 1 aromatic heterocycles. The van der Waals surface area contributed by atoms with E-state index in [1.54, 1.807) is 6.20 Å². The van der Waals surface area contributed by atoms with E-state index in [9.17, 15) is 4.79 Å². The van der Waals surface area contributed by atoms with Crippen LogP contribution in [-0.4, -0.2) is 28.8 Å². The van der Waals surface area contributed by atoms with Crippen molar-refractivity contribution in [2.24, 2.45) is 5.92 Å². The van der Waals surface area contributed by atoms with Gasteiger partial charge in [-0.05, 0) is 49.7 Å². The van der Waals surface area contributed by atoms with Gasteiger partial charge >= 0.3 is 0 Å². The molecule has 1 aliphatic heterocycles. The second kappa shape index (κ2) is 6.54. The Morgan fingerprint density at radius 1 is 1.33 bits per heavy atom. The Hall–Kier alpha value is -2.14. The summed E-state index contributed by atoms with van der Waals surface area (Å²) in [6, 6.07) is 9.87. The van der Waals surface area contributed by atoms with E-state index in [1.807, 2.05) is 41.2 Å². The number of carbonyl (C=O) groups excluding carboxylic acids is 1. The summed E-state index contributed by atoms with van der Waals surface area (Å²) >= 11 is 0. The molecule has 1 fully saturated rings. The number of amides is 1. The highest BCUT2D eigenvalue weighted by Gasteiger charge is 2.20. The Kier molecular flexibility index (Phi) is 4.31. The van der Waals surface area contributed by atoms with Gasteiger partial charge in [0.05, 0.1) is 6.54 Å². The number of anilines is 1. The molecule has 1 amide bonds. The predicted octanol–water partition coefficient (Wildman–Crippen LogP) is 1.87. The first-order valence-electron chi connectivity index (χ1n) is 7.39. The topological polar surface area (TPSA) is 59.0 Å². The van der Waals surface area contributed by atoms with Crippen molar-refractivity contribution in [2.45, 2.75) is 19.4 Å². The van der Waals surface area contributed by atoms with Gasteiger partial charge in [-0.15, -0.1) is 0 Å². The lowest BCUT2D eigenvalue weighted by molar-refractivity contribution is -0.120. The third-order valence-electron chi connectivity index (χ3n) is 3.81. The highest BCUT2D eigenvalue weighted by Crippen LogP contribution is 2.17. The van der Waals surface area contributed by atoms with Crippen LogP contribution in [0.5, 0.6) is 0 Å². The minimum absolute atomic E-state index is 0.126. The summed E-state index contributed by atoms with van der Waals surface area (Å²) in [5.41, 5.74) is 1.99. The van der Waals surface area contributed by atoms with Crippen molar-refractivity contribution in [3.8, 4) is 0 Å². The van der Waals surface area contributed by atoms with Crippen molar-refractivity contribution in [2.75, 3.05) is 18.4 Å². The zero-order chi connectivity index (χ0) is 14.5. The summed E-state index contributed by atoms with van der Waals surface area (Å²) in [6.45, 7) is 2.57. The van der Waals surface area contributed by atoms with E-state index < -0.39 is 0 Å². The molecule has 0 saturated carbocycles. The number of piperidine rings is 1. The molecule has 2 N–H and O–H groups in total. The molecule has 1 aliphatic rings. The van der Waals surface area contributed by atoms with Crippen molar-refractivity contribution in [3.63, 3.8) is 0 Å². The standard InChI is InChI=1S/C16H20N4O/c21-16(14-5-8-17-9-6-14)19-15-4-1-3-13(11-15)12-20-10-2-7-18-20/h1-4,7,10-11,14,17H,5-6,8-9,12H2,(H,19,21). The van der Waals surface area contributed by atoms with Crippen LogP contribution >= 0.6 is 0 Å². The lowest BCUT2D eigenvalue weighted by Gasteiger charge is -2.21. The molecule has 1 saturated heterocycles. The second-order valence-electron chi connectivity index (χ2n) is 5.42. The van der Waals surface area contributed by atoms with Gasteiger partial charge in [0.1, 0.15) is 0 Å². The van der Waals surface area contributed by atoms with Crippen LogP contribution in [0.4, 0.5) is 5.69 Å². The van der Waals surface area contributed by atoms with E-state index >= 15 is 0 Å². The van der Waals surface area contributed by atoms with Crippen molar-refractivity contribution in [1.29, 1.82) is 0 Å². The Morgan fingerprint density at radius 2 is 2.19 bits per heavy atom. The van der Waals surface area contributed by atoms with Crippen molar-refractivity contribution in [1.82, 2.24) is 15.1 Å². The number of hydrogen-bond acceptors (Lipinski definition) is 3. The molecule has 0 unspecified atom stereocenters. The third-order valence-corrected chi connectivity index (χ3v) is 3.81. The molecule has 2 aromatic rings. The number of carbonyl (C=O) groups is 1. The Morgan fingerprint density at radius 3 is 2.95 bits per heavy atom. The van der Waals surface area contributed by atoms with Crippen LogP contribution in [0, 0.1) is 5.92 Å². The summed E-state index contributed by atoms with van der Waals surface area (Å²) in [7, 11) is 0. The molecule has 110 valence electrons. The van der Waals surface area contributed by atoms with E-state index in [0.29, 0.717) is 6.54 Å². The van der Waals surface area contributed by atoms with Gasteiger partial charge in [0.15, 0.2) is 0 Å². The maximum atomic E-state index is 12.2. The average Bonchev–Trinajstić information content (AvgIpc) is 3.01. The molecule has 5 nitrogen and oxygen atoms in total. The van der Waals surface area contributed by atoms with Gasteiger partial charge in [0, 0.05) is 24.0 Å². The zero-order valence-electron chi connectivity index (χ0n) is 12.0. The molecular weight excluding hydrogens is 264 g/mol. The number of hydrogen-bond donors (Lipinski definition) is 2. The lowest BCUT2D eigenvalue weighted by atomic mass is 9.97. The van der Waals surface area contributed by atoms with Gasteiger partial charge in [-0.25, -0.2) is 0 Å². The first-order valence-corrected chi connectivity index (χ1v) is 7.39. The maximum absolute atomic E-state index is 12.2. The van der Waals surface area contributed by atoms with E-state index in [1.165, 1.54) is 0 Å². The molecule has 0 spiro atoms. The van der Waals surface area contributed by atoms with Crippen LogP contribution in [-0.2, 0) is 11.3 Å². The Bertz CT molecular complexity index is 588. The zero-order valence-corrected chi connectivity index (χ0v) is 12.0. The Labute approximate surface area is 124 Å². The SMILES string of the molecule is O=C(Nc1cccc(Cn2cccn2)c1)C1CCNCC1. The number of rotatable bonds is 4. The van der Waals surface area contributed by atoms with Gasteiger partial charge in [0.25, 0.3) is 0 Å². The number of benzene rings is 1. The Balaban J connectivity index is 1.63. The van der Waals surface area contributed by atoms with E-state index in [4.69, 9.17) is 0 Å². The van der Waals surface area contributed by atoms with Crippen LogP contribution in [0.25, 0.3) is 0 Å². The van der Waals surface area contributed by atoms with Gasteiger partial charge in [-0.3, -0.25) is 9.48 Å². The molecule has 21 heavy (non-hydrogen) atoms. The largest absolute Gasteiger partial charge is 0.326 e.